The van der Waals surface area contributed by atoms with Gasteiger partial charge in [-0.1, -0.05) is 49.6 Å². The molecule has 2 heterocycles. The maximum absolute atomic E-state index is 13.8. The number of carbonyl (C=O) groups excluding carboxylic acids is 1. The predicted octanol–water partition coefficient (Wildman–Crippen LogP) is 7.38. The molecule has 1 aliphatic heterocycles. The van der Waals surface area contributed by atoms with E-state index in [-0.39, 0.29) is 17.1 Å². The van der Waals surface area contributed by atoms with Crippen molar-refractivity contribution in [3.8, 4) is 5.75 Å². The quantitative estimate of drug-likeness (QED) is 0.248. The van der Waals surface area contributed by atoms with Crippen LogP contribution in [0.2, 0.25) is 5.02 Å². The molecule has 0 radical (unpaired) electrons. The molecule has 0 fully saturated rings. The van der Waals surface area contributed by atoms with Crippen LogP contribution < -0.4 is 15.1 Å². The number of amides is 1. The Morgan fingerprint density at radius 2 is 1.72 bits per heavy atom. The minimum atomic E-state index is -0.651. The summed E-state index contributed by atoms with van der Waals surface area (Å²) in [6.45, 7) is 6.72. The van der Waals surface area contributed by atoms with Crippen LogP contribution in [0.15, 0.2) is 69.9 Å². The van der Waals surface area contributed by atoms with E-state index in [1.54, 1.807) is 23.1 Å². The molecule has 0 N–H and O–H groups in total. The highest BCUT2D eigenvalue weighted by atomic mass is 35.5. The molecule has 1 aromatic heterocycles. The maximum atomic E-state index is 13.8. The third-order valence-corrected chi connectivity index (χ3v) is 7.02. The molecule has 3 aromatic carbocycles. The molecule has 1 unspecified atom stereocenters. The summed E-state index contributed by atoms with van der Waals surface area (Å²) < 4.78 is 12.0. The zero-order valence-corrected chi connectivity index (χ0v) is 21.4. The lowest BCUT2D eigenvalue weighted by atomic mass is 9.97. The van der Waals surface area contributed by atoms with Gasteiger partial charge in [-0.05, 0) is 79.4 Å². The van der Waals surface area contributed by atoms with Gasteiger partial charge in [-0.3, -0.25) is 14.5 Å². The molecule has 4 aromatic rings. The third kappa shape index (κ3) is 4.28. The summed E-state index contributed by atoms with van der Waals surface area (Å²) in [5.41, 5.74) is 3.93. The number of ether oxygens (including phenoxy) is 1. The molecule has 5 rings (SSSR count). The number of rotatable bonds is 7. The third-order valence-electron chi connectivity index (χ3n) is 6.79. The summed E-state index contributed by atoms with van der Waals surface area (Å²) in [4.78, 5) is 29.2. The smallest absolute Gasteiger partial charge is 0.295 e. The van der Waals surface area contributed by atoms with Crippen molar-refractivity contribution in [2.24, 2.45) is 0 Å². The largest absolute Gasteiger partial charge is 0.494 e. The van der Waals surface area contributed by atoms with Gasteiger partial charge in [-0.15, -0.1) is 0 Å². The number of fused-ring (bicyclic) bond motifs is 2. The topological polar surface area (TPSA) is 59.8 Å². The fourth-order valence-electron chi connectivity index (χ4n) is 4.72. The van der Waals surface area contributed by atoms with Gasteiger partial charge in [0.25, 0.3) is 5.91 Å². The first kappa shape index (κ1) is 24.1. The molecule has 0 spiro atoms. The summed E-state index contributed by atoms with van der Waals surface area (Å²) >= 11 is 6.28. The molecule has 36 heavy (non-hydrogen) atoms. The summed E-state index contributed by atoms with van der Waals surface area (Å²) in [6.07, 6.45) is 3.25. The van der Waals surface area contributed by atoms with E-state index in [1.807, 2.05) is 56.3 Å². The molecule has 1 aliphatic rings. The van der Waals surface area contributed by atoms with Crippen molar-refractivity contribution in [2.75, 3.05) is 11.5 Å². The molecule has 0 saturated heterocycles. The van der Waals surface area contributed by atoms with Crippen LogP contribution in [0, 0.1) is 13.8 Å². The highest BCUT2D eigenvalue weighted by Crippen LogP contribution is 2.42. The van der Waals surface area contributed by atoms with Gasteiger partial charge >= 0.3 is 0 Å². The number of hydrogen-bond acceptors (Lipinski definition) is 4. The second-order valence-electron chi connectivity index (χ2n) is 9.29. The van der Waals surface area contributed by atoms with E-state index in [1.165, 1.54) is 0 Å². The van der Waals surface area contributed by atoms with Gasteiger partial charge in [0.2, 0.25) is 5.76 Å². The van der Waals surface area contributed by atoms with Crippen LogP contribution in [0.1, 0.15) is 65.0 Å². The lowest BCUT2D eigenvalue weighted by Gasteiger charge is -2.25. The molecule has 0 saturated carbocycles. The lowest BCUT2D eigenvalue weighted by Crippen LogP contribution is -2.29. The first-order valence-corrected chi connectivity index (χ1v) is 12.7. The first-order valence-electron chi connectivity index (χ1n) is 12.3. The first-order chi connectivity index (χ1) is 17.4. The zero-order valence-electron chi connectivity index (χ0n) is 20.6. The Morgan fingerprint density at radius 1 is 0.972 bits per heavy atom. The number of benzene rings is 3. The molecular formula is C30H28ClNO4. The zero-order chi connectivity index (χ0) is 25.4. The van der Waals surface area contributed by atoms with Crippen molar-refractivity contribution >= 4 is 34.2 Å². The Bertz CT molecular complexity index is 1510. The van der Waals surface area contributed by atoms with Crippen molar-refractivity contribution in [2.45, 2.75) is 46.1 Å². The van der Waals surface area contributed by atoms with Crippen LogP contribution in [0.4, 0.5) is 5.69 Å². The number of aryl methyl sites for hydroxylation is 2. The Hall–Kier alpha value is -3.57. The monoisotopic (exact) mass is 501 g/mol. The van der Waals surface area contributed by atoms with E-state index in [0.29, 0.717) is 33.8 Å². The van der Waals surface area contributed by atoms with Gasteiger partial charge in [-0.2, -0.15) is 0 Å². The summed E-state index contributed by atoms with van der Waals surface area (Å²) in [7, 11) is 0. The van der Waals surface area contributed by atoms with Crippen molar-refractivity contribution in [3.63, 3.8) is 0 Å². The minimum Gasteiger partial charge on any atom is -0.494 e. The van der Waals surface area contributed by atoms with Gasteiger partial charge in [0.05, 0.1) is 23.6 Å². The molecule has 0 aliphatic carbocycles. The number of hydrogen-bond donors (Lipinski definition) is 0. The number of anilines is 1. The van der Waals surface area contributed by atoms with Gasteiger partial charge in [0, 0.05) is 10.7 Å². The van der Waals surface area contributed by atoms with Crippen molar-refractivity contribution in [3.05, 3.63) is 104 Å². The Kier molecular flexibility index (Phi) is 6.59. The lowest BCUT2D eigenvalue weighted by molar-refractivity contribution is 0.0971. The van der Waals surface area contributed by atoms with E-state index >= 15 is 0 Å². The second-order valence-corrected chi connectivity index (χ2v) is 9.73. The maximum Gasteiger partial charge on any atom is 0.295 e. The van der Waals surface area contributed by atoms with Gasteiger partial charge in [-0.25, -0.2) is 0 Å². The molecule has 1 amide bonds. The summed E-state index contributed by atoms with van der Waals surface area (Å²) in [5, 5.41) is 0.972. The average molecular weight is 502 g/mol. The van der Waals surface area contributed by atoms with Crippen molar-refractivity contribution in [1.29, 1.82) is 0 Å². The second kappa shape index (κ2) is 9.82. The molecule has 0 bridgehead atoms. The SMILES string of the molecule is CCCCCOc1ccc(C2c3c(oc4cc(C)c(C)cc4c3=O)C(=O)N2c2cccc(Cl)c2)cc1. The number of unbranched alkanes of at least 4 members (excludes halogenated alkanes) is 2. The van der Waals surface area contributed by atoms with Gasteiger partial charge < -0.3 is 9.15 Å². The molecule has 184 valence electrons. The van der Waals surface area contributed by atoms with Gasteiger partial charge in [0.1, 0.15) is 11.3 Å². The number of halogens is 1. The van der Waals surface area contributed by atoms with E-state index < -0.39 is 6.04 Å². The number of nitrogens with zero attached hydrogens (tertiary/aromatic N) is 1. The minimum absolute atomic E-state index is 0.0700. The molecule has 6 heteroatoms. The van der Waals surface area contributed by atoms with E-state index in [0.717, 1.165) is 41.7 Å². The Balaban J connectivity index is 1.64. The van der Waals surface area contributed by atoms with Crippen molar-refractivity contribution in [1.82, 2.24) is 0 Å². The van der Waals surface area contributed by atoms with E-state index in [9.17, 15) is 9.59 Å². The van der Waals surface area contributed by atoms with E-state index in [2.05, 4.69) is 6.92 Å². The highest BCUT2D eigenvalue weighted by Gasteiger charge is 2.43. The highest BCUT2D eigenvalue weighted by molar-refractivity contribution is 6.31. The molecule has 5 nitrogen and oxygen atoms in total. The normalized spacial score (nSPS) is 14.9. The fraction of sp³-hybridized carbons (Fsp3) is 0.267. The molecular weight excluding hydrogens is 474 g/mol. The standard InChI is InChI=1S/C30H28ClNO4/c1-4-5-6-14-35-23-12-10-20(11-13-23)27-26-28(33)24-15-18(2)19(3)16-25(24)36-29(26)30(34)32(27)22-9-7-8-21(31)17-22/h7-13,15-17,27H,4-6,14H2,1-3H3. The Morgan fingerprint density at radius 3 is 2.44 bits per heavy atom. The molecule has 1 atom stereocenters. The predicted molar refractivity (Wildman–Crippen MR) is 144 cm³/mol. The van der Waals surface area contributed by atoms with Crippen LogP contribution in [0.25, 0.3) is 11.0 Å². The van der Waals surface area contributed by atoms with E-state index in [4.69, 9.17) is 20.8 Å². The fourth-order valence-corrected chi connectivity index (χ4v) is 4.91. The van der Waals surface area contributed by atoms with Gasteiger partial charge in [0.15, 0.2) is 5.43 Å². The average Bonchev–Trinajstić information content (AvgIpc) is 3.16. The van der Waals surface area contributed by atoms with Crippen molar-refractivity contribution < 1.29 is 13.9 Å². The van der Waals surface area contributed by atoms with Crippen LogP contribution >= 0.6 is 11.6 Å². The summed E-state index contributed by atoms with van der Waals surface area (Å²) in [5.74, 6) is 0.459. The number of carbonyl (C=O) groups is 1. The summed E-state index contributed by atoms with van der Waals surface area (Å²) in [6, 6.07) is 17.7. The van der Waals surface area contributed by atoms with Crippen LogP contribution in [-0.2, 0) is 0 Å². The Labute approximate surface area is 215 Å². The van der Waals surface area contributed by atoms with Crippen LogP contribution in [0.5, 0.6) is 5.75 Å². The van der Waals surface area contributed by atoms with Crippen LogP contribution in [0.3, 0.4) is 0 Å². The van der Waals surface area contributed by atoms with Crippen LogP contribution in [-0.4, -0.2) is 12.5 Å².